The molecule has 0 heterocycles. The third-order valence-electron chi connectivity index (χ3n) is 1.83. The summed E-state index contributed by atoms with van der Waals surface area (Å²) in [6.45, 7) is 5.59. The minimum atomic E-state index is 0.228. The molecule has 1 aromatic carbocycles. The van der Waals surface area contributed by atoms with Crippen LogP contribution in [0.15, 0.2) is 34.4 Å². The first-order chi connectivity index (χ1) is 6.79. The van der Waals surface area contributed by atoms with Crippen LogP contribution in [0.3, 0.4) is 0 Å². The Bertz CT molecular complexity index is 344. The first-order valence-corrected chi connectivity index (χ1v) is 4.32. The normalized spacial score (nSPS) is 11.1. The molecule has 0 fully saturated rings. The molecule has 74 valence electrons. The third kappa shape index (κ3) is 2.40. The molecule has 0 unspecified atom stereocenters. The number of aliphatic imine (C=N–C) groups is 1. The standard InChI is InChI=1S/C10H14N4/c1-8-5-3-4-6-9(8)10(13-7-11)14-12-2/h3-6H,2,7,11H2,1H3,(H,13,14). The van der Waals surface area contributed by atoms with Gasteiger partial charge in [-0.2, -0.15) is 5.10 Å². The Labute approximate surface area is 83.5 Å². The minimum Gasteiger partial charge on any atom is -0.312 e. The first kappa shape index (κ1) is 10.4. The van der Waals surface area contributed by atoms with E-state index in [9.17, 15) is 0 Å². The molecule has 0 aromatic heterocycles. The number of hydrogen-bond acceptors (Lipinski definition) is 3. The van der Waals surface area contributed by atoms with Crippen LogP contribution in [0.1, 0.15) is 11.1 Å². The topological polar surface area (TPSA) is 62.8 Å². The molecule has 14 heavy (non-hydrogen) atoms. The smallest absolute Gasteiger partial charge is 0.150 e. The molecule has 1 aromatic rings. The van der Waals surface area contributed by atoms with E-state index in [1.54, 1.807) is 0 Å². The zero-order valence-corrected chi connectivity index (χ0v) is 8.20. The molecule has 0 amide bonds. The van der Waals surface area contributed by atoms with Gasteiger partial charge in [0.2, 0.25) is 0 Å². The molecular weight excluding hydrogens is 176 g/mol. The van der Waals surface area contributed by atoms with Crippen molar-refractivity contribution in [2.75, 3.05) is 6.67 Å². The van der Waals surface area contributed by atoms with Crippen molar-refractivity contribution in [1.82, 2.24) is 5.43 Å². The Balaban J connectivity index is 3.05. The second kappa shape index (κ2) is 5.14. The van der Waals surface area contributed by atoms with Gasteiger partial charge in [0.15, 0.2) is 0 Å². The van der Waals surface area contributed by atoms with Crippen molar-refractivity contribution in [3.63, 3.8) is 0 Å². The van der Waals surface area contributed by atoms with E-state index in [1.165, 1.54) is 0 Å². The van der Waals surface area contributed by atoms with Gasteiger partial charge in [-0.25, -0.2) is 0 Å². The maximum Gasteiger partial charge on any atom is 0.150 e. The van der Waals surface area contributed by atoms with Gasteiger partial charge in [0.05, 0.1) is 6.67 Å². The van der Waals surface area contributed by atoms with Crippen molar-refractivity contribution >= 4 is 12.6 Å². The number of nitrogens with zero attached hydrogens (tertiary/aromatic N) is 2. The maximum atomic E-state index is 5.36. The summed E-state index contributed by atoms with van der Waals surface area (Å²) in [4.78, 5) is 4.09. The summed E-state index contributed by atoms with van der Waals surface area (Å²) in [7, 11) is 0. The van der Waals surface area contributed by atoms with E-state index in [0.717, 1.165) is 11.1 Å². The van der Waals surface area contributed by atoms with Gasteiger partial charge in [-0.1, -0.05) is 24.3 Å². The lowest BCUT2D eigenvalue weighted by atomic mass is 10.1. The van der Waals surface area contributed by atoms with Crippen molar-refractivity contribution in [2.45, 2.75) is 6.92 Å². The number of nitrogens with one attached hydrogen (secondary N) is 1. The van der Waals surface area contributed by atoms with Crippen LogP contribution in [-0.4, -0.2) is 19.2 Å². The Hall–Kier alpha value is -1.68. The van der Waals surface area contributed by atoms with Crippen molar-refractivity contribution in [2.24, 2.45) is 15.8 Å². The molecule has 0 aliphatic carbocycles. The van der Waals surface area contributed by atoms with Gasteiger partial charge in [0, 0.05) is 12.3 Å². The summed E-state index contributed by atoms with van der Waals surface area (Å²) < 4.78 is 0. The molecule has 0 spiro atoms. The summed E-state index contributed by atoms with van der Waals surface area (Å²) in [6, 6.07) is 7.88. The highest BCUT2D eigenvalue weighted by atomic mass is 15.3. The van der Waals surface area contributed by atoms with E-state index in [0.29, 0.717) is 5.84 Å². The predicted molar refractivity (Wildman–Crippen MR) is 59.5 cm³/mol. The summed E-state index contributed by atoms with van der Waals surface area (Å²) in [5.41, 5.74) is 10.2. The van der Waals surface area contributed by atoms with Crippen LogP contribution in [-0.2, 0) is 0 Å². The van der Waals surface area contributed by atoms with Crippen LogP contribution in [0.25, 0.3) is 0 Å². The SMILES string of the molecule is C=NNC(=NCN)c1ccccc1C. The number of hydrazone groups is 1. The fourth-order valence-electron chi connectivity index (χ4n) is 1.19. The van der Waals surface area contributed by atoms with Gasteiger partial charge >= 0.3 is 0 Å². The van der Waals surface area contributed by atoms with Gasteiger partial charge in [-0.3, -0.25) is 10.4 Å². The van der Waals surface area contributed by atoms with Crippen LogP contribution >= 0.6 is 0 Å². The monoisotopic (exact) mass is 190 g/mol. The van der Waals surface area contributed by atoms with Gasteiger partial charge in [0.25, 0.3) is 0 Å². The lowest BCUT2D eigenvalue weighted by Crippen LogP contribution is -2.21. The zero-order valence-electron chi connectivity index (χ0n) is 8.20. The van der Waals surface area contributed by atoms with Crippen LogP contribution in [0.5, 0.6) is 0 Å². The van der Waals surface area contributed by atoms with E-state index >= 15 is 0 Å². The molecule has 0 aliphatic rings. The maximum absolute atomic E-state index is 5.36. The number of benzene rings is 1. The first-order valence-electron chi connectivity index (χ1n) is 4.32. The molecular formula is C10H14N4. The van der Waals surface area contributed by atoms with Crippen molar-refractivity contribution in [1.29, 1.82) is 0 Å². The molecule has 0 saturated carbocycles. The van der Waals surface area contributed by atoms with Gasteiger partial charge in [-0.05, 0) is 12.5 Å². The molecule has 0 radical (unpaired) electrons. The van der Waals surface area contributed by atoms with Crippen LogP contribution in [0, 0.1) is 6.92 Å². The number of nitrogens with two attached hydrogens (primary N) is 1. The Morgan fingerprint density at radius 2 is 2.21 bits per heavy atom. The summed E-state index contributed by atoms with van der Waals surface area (Å²) in [6.07, 6.45) is 0. The van der Waals surface area contributed by atoms with Crippen LogP contribution in [0.2, 0.25) is 0 Å². The average Bonchev–Trinajstić information content (AvgIpc) is 2.18. The van der Waals surface area contributed by atoms with Crippen molar-refractivity contribution in [3.05, 3.63) is 35.4 Å². The van der Waals surface area contributed by atoms with E-state index in [1.807, 2.05) is 31.2 Å². The highest BCUT2D eigenvalue weighted by Gasteiger charge is 2.03. The van der Waals surface area contributed by atoms with E-state index < -0.39 is 0 Å². The molecule has 0 aliphatic heterocycles. The molecule has 0 bridgehead atoms. The van der Waals surface area contributed by atoms with Gasteiger partial charge in [0.1, 0.15) is 5.84 Å². The Kier molecular flexibility index (Phi) is 3.82. The lowest BCUT2D eigenvalue weighted by molar-refractivity contribution is 0.983. The summed E-state index contributed by atoms with van der Waals surface area (Å²) in [5, 5.41) is 3.59. The molecule has 1 rings (SSSR count). The van der Waals surface area contributed by atoms with E-state index in [4.69, 9.17) is 5.73 Å². The minimum absolute atomic E-state index is 0.228. The van der Waals surface area contributed by atoms with E-state index in [-0.39, 0.29) is 6.67 Å². The number of amidine groups is 1. The van der Waals surface area contributed by atoms with Crippen molar-refractivity contribution in [3.8, 4) is 0 Å². The Morgan fingerprint density at radius 1 is 1.50 bits per heavy atom. The number of aryl methyl sites for hydroxylation is 1. The fourth-order valence-corrected chi connectivity index (χ4v) is 1.19. The predicted octanol–water partition coefficient (Wildman–Crippen LogP) is 0.863. The van der Waals surface area contributed by atoms with Gasteiger partial charge in [-0.15, -0.1) is 0 Å². The van der Waals surface area contributed by atoms with Crippen LogP contribution < -0.4 is 11.2 Å². The largest absolute Gasteiger partial charge is 0.312 e. The van der Waals surface area contributed by atoms with Crippen LogP contribution in [0.4, 0.5) is 0 Å². The molecule has 4 nitrogen and oxygen atoms in total. The Morgan fingerprint density at radius 3 is 2.79 bits per heavy atom. The average molecular weight is 190 g/mol. The number of hydrogen-bond donors (Lipinski definition) is 2. The second-order valence-electron chi connectivity index (χ2n) is 2.77. The van der Waals surface area contributed by atoms with Gasteiger partial charge < -0.3 is 5.73 Å². The second-order valence-corrected chi connectivity index (χ2v) is 2.77. The zero-order chi connectivity index (χ0) is 10.4. The lowest BCUT2D eigenvalue weighted by Gasteiger charge is -2.07. The highest BCUT2D eigenvalue weighted by Crippen LogP contribution is 2.07. The molecule has 0 saturated heterocycles. The highest BCUT2D eigenvalue weighted by molar-refractivity contribution is 5.99. The summed E-state index contributed by atoms with van der Waals surface area (Å²) in [5.74, 6) is 0.653. The molecule has 4 heteroatoms. The third-order valence-corrected chi connectivity index (χ3v) is 1.83. The molecule has 3 N–H and O–H groups in total. The van der Waals surface area contributed by atoms with Crippen molar-refractivity contribution < 1.29 is 0 Å². The summed E-state index contributed by atoms with van der Waals surface area (Å²) >= 11 is 0. The molecule has 0 atom stereocenters. The van der Waals surface area contributed by atoms with E-state index in [2.05, 4.69) is 22.2 Å². The quantitative estimate of drug-likeness (QED) is 0.422. The number of rotatable bonds is 3. The fraction of sp³-hybridized carbons (Fsp3) is 0.200.